The fourth-order valence-electron chi connectivity index (χ4n) is 2.13. The lowest BCUT2D eigenvalue weighted by Gasteiger charge is -2.28. The van der Waals surface area contributed by atoms with Crippen LogP contribution in [0, 0.1) is 6.92 Å². The van der Waals surface area contributed by atoms with Gasteiger partial charge in [-0.1, -0.05) is 13.8 Å². The second-order valence-corrected chi connectivity index (χ2v) is 5.44. The molecule has 0 aliphatic carbocycles. The Morgan fingerprint density at radius 1 is 1.24 bits per heavy atom. The molecular weight excluding hydrogens is 210 g/mol. The molecule has 0 radical (unpaired) electrons. The number of ether oxygens (including phenoxy) is 1. The van der Waals surface area contributed by atoms with Gasteiger partial charge < -0.3 is 10.1 Å². The number of rotatable bonds is 4. The molecule has 0 atom stereocenters. The molecule has 0 bridgehead atoms. The van der Waals surface area contributed by atoms with Gasteiger partial charge in [-0.3, -0.25) is 0 Å². The van der Waals surface area contributed by atoms with Crippen molar-refractivity contribution in [3.63, 3.8) is 0 Å². The summed E-state index contributed by atoms with van der Waals surface area (Å²) in [5, 5.41) is 3.36. The molecule has 0 saturated carbocycles. The minimum Gasteiger partial charge on any atom is -0.496 e. The van der Waals surface area contributed by atoms with Gasteiger partial charge in [0, 0.05) is 5.54 Å². The van der Waals surface area contributed by atoms with Gasteiger partial charge in [-0.15, -0.1) is 0 Å². The van der Waals surface area contributed by atoms with Crippen LogP contribution >= 0.6 is 0 Å². The zero-order valence-electron chi connectivity index (χ0n) is 12.1. The Bertz CT molecular complexity index is 394. The van der Waals surface area contributed by atoms with E-state index in [0.717, 1.165) is 5.75 Å². The van der Waals surface area contributed by atoms with Crippen molar-refractivity contribution >= 4 is 0 Å². The highest BCUT2D eigenvalue weighted by Crippen LogP contribution is 2.33. The Hall–Kier alpha value is -1.02. The molecule has 0 aromatic heterocycles. The highest BCUT2D eigenvalue weighted by atomic mass is 16.5. The lowest BCUT2D eigenvalue weighted by Crippen LogP contribution is -2.34. The number of benzene rings is 1. The average Bonchev–Trinajstić information content (AvgIpc) is 2.27. The summed E-state index contributed by atoms with van der Waals surface area (Å²) in [4.78, 5) is 0. The van der Waals surface area contributed by atoms with Gasteiger partial charge in [0.25, 0.3) is 0 Å². The predicted molar refractivity (Wildman–Crippen MR) is 73.9 cm³/mol. The van der Waals surface area contributed by atoms with E-state index < -0.39 is 0 Å². The van der Waals surface area contributed by atoms with Crippen molar-refractivity contribution < 1.29 is 4.74 Å². The fourth-order valence-corrected chi connectivity index (χ4v) is 2.13. The maximum atomic E-state index is 5.47. The van der Waals surface area contributed by atoms with Crippen molar-refractivity contribution in [2.75, 3.05) is 14.2 Å². The minimum absolute atomic E-state index is 0.0139. The maximum absolute atomic E-state index is 5.47. The standard InChI is InChI=1S/C15H25NO/c1-10(2)12-9-13(15(4,5)16-6)11(3)8-14(12)17-7/h8-10,16H,1-7H3. The zero-order chi connectivity index (χ0) is 13.2. The van der Waals surface area contributed by atoms with Crippen molar-refractivity contribution in [1.29, 1.82) is 0 Å². The van der Waals surface area contributed by atoms with Gasteiger partial charge in [0.1, 0.15) is 5.75 Å². The number of hydrogen-bond donors (Lipinski definition) is 1. The second-order valence-electron chi connectivity index (χ2n) is 5.44. The van der Waals surface area contributed by atoms with E-state index in [0.29, 0.717) is 5.92 Å². The molecule has 0 aliphatic heterocycles. The quantitative estimate of drug-likeness (QED) is 0.861. The monoisotopic (exact) mass is 235 g/mol. The van der Waals surface area contributed by atoms with Crippen molar-refractivity contribution in [3.8, 4) is 5.75 Å². The van der Waals surface area contributed by atoms with Gasteiger partial charge in [-0.05, 0) is 62.6 Å². The number of nitrogens with one attached hydrogen (secondary N) is 1. The van der Waals surface area contributed by atoms with Crippen LogP contribution in [0.15, 0.2) is 12.1 Å². The lowest BCUT2D eigenvalue weighted by atomic mass is 9.86. The molecule has 0 saturated heterocycles. The largest absolute Gasteiger partial charge is 0.496 e. The molecular formula is C15H25NO. The zero-order valence-corrected chi connectivity index (χ0v) is 12.1. The molecule has 2 nitrogen and oxygen atoms in total. The molecule has 0 spiro atoms. The summed E-state index contributed by atoms with van der Waals surface area (Å²) in [5.74, 6) is 1.46. The SMILES string of the molecule is CNC(C)(C)c1cc(C(C)C)c(OC)cc1C. The Kier molecular flexibility index (Phi) is 4.21. The molecule has 0 unspecified atom stereocenters. The van der Waals surface area contributed by atoms with Crippen molar-refractivity contribution in [1.82, 2.24) is 5.32 Å². The Morgan fingerprint density at radius 3 is 2.24 bits per heavy atom. The third-order valence-corrected chi connectivity index (χ3v) is 3.50. The molecule has 1 aromatic rings. The minimum atomic E-state index is -0.0139. The molecule has 1 N–H and O–H groups in total. The molecule has 17 heavy (non-hydrogen) atoms. The topological polar surface area (TPSA) is 21.3 Å². The number of methoxy groups -OCH3 is 1. The van der Waals surface area contributed by atoms with Crippen molar-refractivity contribution in [3.05, 3.63) is 28.8 Å². The first-order chi connectivity index (χ1) is 7.83. The Labute approximate surface area is 105 Å². The van der Waals surface area contributed by atoms with E-state index in [4.69, 9.17) is 4.74 Å². The first-order valence-electron chi connectivity index (χ1n) is 6.21. The van der Waals surface area contributed by atoms with Crippen LogP contribution in [0.3, 0.4) is 0 Å². The smallest absolute Gasteiger partial charge is 0.122 e. The normalized spacial score (nSPS) is 12.0. The molecule has 1 rings (SSSR count). The van der Waals surface area contributed by atoms with Gasteiger partial charge in [-0.25, -0.2) is 0 Å². The summed E-state index contributed by atoms with van der Waals surface area (Å²) in [6.45, 7) is 10.9. The Morgan fingerprint density at radius 2 is 1.82 bits per heavy atom. The highest BCUT2D eigenvalue weighted by Gasteiger charge is 2.22. The summed E-state index contributed by atoms with van der Waals surface area (Å²) in [5.41, 5.74) is 3.87. The number of aryl methyl sites for hydroxylation is 1. The third-order valence-electron chi connectivity index (χ3n) is 3.50. The van der Waals surface area contributed by atoms with E-state index in [1.165, 1.54) is 16.7 Å². The van der Waals surface area contributed by atoms with E-state index >= 15 is 0 Å². The van der Waals surface area contributed by atoms with E-state index in [1.54, 1.807) is 7.11 Å². The van der Waals surface area contributed by atoms with E-state index in [2.05, 4.69) is 52.1 Å². The van der Waals surface area contributed by atoms with Crippen LogP contribution in [-0.2, 0) is 5.54 Å². The summed E-state index contributed by atoms with van der Waals surface area (Å²) in [7, 11) is 3.74. The Balaban J connectivity index is 3.39. The van der Waals surface area contributed by atoms with Crippen LogP contribution in [0.25, 0.3) is 0 Å². The van der Waals surface area contributed by atoms with Crippen LogP contribution in [0.5, 0.6) is 5.75 Å². The third kappa shape index (κ3) is 2.81. The number of hydrogen-bond acceptors (Lipinski definition) is 2. The predicted octanol–water partition coefficient (Wildman–Crippen LogP) is 3.58. The molecule has 0 aliphatic rings. The molecule has 0 amide bonds. The maximum Gasteiger partial charge on any atom is 0.122 e. The van der Waals surface area contributed by atoms with Gasteiger partial charge in [0.15, 0.2) is 0 Å². The highest BCUT2D eigenvalue weighted by molar-refractivity contribution is 5.46. The average molecular weight is 235 g/mol. The van der Waals surface area contributed by atoms with E-state index in [1.807, 2.05) is 7.05 Å². The summed E-state index contributed by atoms with van der Waals surface area (Å²) in [6.07, 6.45) is 0. The summed E-state index contributed by atoms with van der Waals surface area (Å²) in [6, 6.07) is 4.42. The lowest BCUT2D eigenvalue weighted by molar-refractivity contribution is 0.403. The van der Waals surface area contributed by atoms with Crippen LogP contribution in [0.2, 0.25) is 0 Å². The van der Waals surface area contributed by atoms with Gasteiger partial charge in [0.2, 0.25) is 0 Å². The van der Waals surface area contributed by atoms with E-state index in [-0.39, 0.29) is 5.54 Å². The molecule has 1 aromatic carbocycles. The van der Waals surface area contributed by atoms with Crippen molar-refractivity contribution in [2.45, 2.75) is 46.1 Å². The van der Waals surface area contributed by atoms with Crippen LogP contribution in [0.4, 0.5) is 0 Å². The van der Waals surface area contributed by atoms with Gasteiger partial charge in [-0.2, -0.15) is 0 Å². The molecule has 2 heteroatoms. The van der Waals surface area contributed by atoms with Gasteiger partial charge in [0.05, 0.1) is 7.11 Å². The summed E-state index contributed by atoms with van der Waals surface area (Å²) < 4.78 is 5.47. The summed E-state index contributed by atoms with van der Waals surface area (Å²) >= 11 is 0. The molecule has 96 valence electrons. The first-order valence-corrected chi connectivity index (χ1v) is 6.21. The van der Waals surface area contributed by atoms with Crippen molar-refractivity contribution in [2.24, 2.45) is 0 Å². The second kappa shape index (κ2) is 5.09. The fraction of sp³-hybridized carbons (Fsp3) is 0.600. The molecule has 0 fully saturated rings. The van der Waals surface area contributed by atoms with Crippen LogP contribution in [0.1, 0.15) is 50.3 Å². The van der Waals surface area contributed by atoms with Crippen LogP contribution in [-0.4, -0.2) is 14.2 Å². The van der Waals surface area contributed by atoms with Crippen LogP contribution < -0.4 is 10.1 Å². The van der Waals surface area contributed by atoms with E-state index in [9.17, 15) is 0 Å². The first kappa shape index (κ1) is 14.0. The van der Waals surface area contributed by atoms with Gasteiger partial charge >= 0.3 is 0 Å². The molecule has 0 heterocycles.